The van der Waals surface area contributed by atoms with Crippen molar-refractivity contribution in [2.24, 2.45) is 5.92 Å². The van der Waals surface area contributed by atoms with Crippen molar-refractivity contribution < 1.29 is 9.53 Å². The molecule has 0 amide bonds. The lowest BCUT2D eigenvalue weighted by Crippen LogP contribution is -2.53. The summed E-state index contributed by atoms with van der Waals surface area (Å²) in [6.45, 7) is 7.67. The second-order valence-corrected chi connectivity index (χ2v) is 7.58. The van der Waals surface area contributed by atoms with Crippen molar-refractivity contribution in [3.05, 3.63) is 0 Å². The van der Waals surface area contributed by atoms with Crippen LogP contribution in [0.15, 0.2) is 0 Å². The van der Waals surface area contributed by atoms with Crippen LogP contribution in [-0.4, -0.2) is 41.6 Å². The molecule has 4 heteroatoms. The number of rotatable bonds is 4. The van der Waals surface area contributed by atoms with E-state index in [1.165, 1.54) is 11.5 Å². The molecule has 1 spiro atoms. The molecule has 2 saturated heterocycles. The Morgan fingerprint density at radius 1 is 1.42 bits per heavy atom. The summed E-state index contributed by atoms with van der Waals surface area (Å²) >= 11 is 2.01. The van der Waals surface area contributed by atoms with Crippen LogP contribution in [0.3, 0.4) is 0 Å². The van der Waals surface area contributed by atoms with Gasteiger partial charge in [-0.05, 0) is 57.6 Å². The molecule has 1 atom stereocenters. The molecule has 0 aliphatic carbocycles. The summed E-state index contributed by atoms with van der Waals surface area (Å²) in [5.74, 6) is 2.90. The van der Waals surface area contributed by atoms with Gasteiger partial charge in [-0.15, -0.1) is 0 Å². The summed E-state index contributed by atoms with van der Waals surface area (Å²) in [4.78, 5) is 12.7. The highest BCUT2D eigenvalue weighted by Crippen LogP contribution is 2.40. The van der Waals surface area contributed by atoms with Crippen LogP contribution < -0.4 is 5.32 Å². The van der Waals surface area contributed by atoms with Crippen LogP contribution in [-0.2, 0) is 9.53 Å². The topological polar surface area (TPSA) is 38.3 Å². The van der Waals surface area contributed by atoms with Gasteiger partial charge in [0.1, 0.15) is 0 Å². The molecule has 2 fully saturated rings. The molecule has 0 aromatic rings. The number of carbonyl (C=O) groups is 1. The Bertz CT molecular complexity index is 319. The number of ketones is 1. The third-order valence-electron chi connectivity index (χ3n) is 4.50. The molecule has 0 saturated carbocycles. The lowest BCUT2D eigenvalue weighted by Gasteiger charge is -2.44. The van der Waals surface area contributed by atoms with E-state index >= 15 is 0 Å². The molecule has 0 aromatic heterocycles. The van der Waals surface area contributed by atoms with E-state index in [1.807, 2.05) is 25.6 Å². The zero-order valence-electron chi connectivity index (χ0n) is 12.5. The Balaban J connectivity index is 2.02. The first kappa shape index (κ1) is 15.3. The predicted molar refractivity (Wildman–Crippen MR) is 80.7 cm³/mol. The van der Waals surface area contributed by atoms with Crippen molar-refractivity contribution in [3.8, 4) is 0 Å². The minimum atomic E-state index is -0.401. The SMILES string of the molecule is CCNC(C)(C)C(=O)C1CCOC2(CCSCC2)C1. The van der Waals surface area contributed by atoms with Gasteiger partial charge >= 0.3 is 0 Å². The summed E-state index contributed by atoms with van der Waals surface area (Å²) in [6.07, 6.45) is 4.05. The molecule has 2 rings (SSSR count). The maximum Gasteiger partial charge on any atom is 0.155 e. The third kappa shape index (κ3) is 3.53. The summed E-state index contributed by atoms with van der Waals surface area (Å²) in [5, 5.41) is 3.32. The molecule has 0 bridgehead atoms. The van der Waals surface area contributed by atoms with E-state index in [0.29, 0.717) is 5.78 Å². The van der Waals surface area contributed by atoms with Crippen LogP contribution in [0.4, 0.5) is 0 Å². The van der Waals surface area contributed by atoms with Crippen LogP contribution in [0.2, 0.25) is 0 Å². The van der Waals surface area contributed by atoms with Gasteiger partial charge in [0.2, 0.25) is 0 Å². The van der Waals surface area contributed by atoms with E-state index in [-0.39, 0.29) is 11.5 Å². The molecule has 19 heavy (non-hydrogen) atoms. The molecular weight excluding hydrogens is 258 g/mol. The van der Waals surface area contributed by atoms with E-state index in [9.17, 15) is 4.79 Å². The summed E-state index contributed by atoms with van der Waals surface area (Å²) in [6, 6.07) is 0. The molecule has 1 unspecified atom stereocenters. The molecule has 2 heterocycles. The lowest BCUT2D eigenvalue weighted by molar-refractivity contribution is -0.143. The van der Waals surface area contributed by atoms with E-state index in [2.05, 4.69) is 12.2 Å². The Morgan fingerprint density at radius 2 is 2.11 bits per heavy atom. The first-order chi connectivity index (χ1) is 8.99. The van der Waals surface area contributed by atoms with Gasteiger partial charge in [-0.25, -0.2) is 0 Å². The first-order valence-corrected chi connectivity index (χ1v) is 8.66. The summed E-state index contributed by atoms with van der Waals surface area (Å²) in [7, 11) is 0. The fraction of sp³-hybridized carbons (Fsp3) is 0.933. The van der Waals surface area contributed by atoms with Crippen LogP contribution in [0.1, 0.15) is 46.5 Å². The number of ether oxygens (including phenoxy) is 1. The van der Waals surface area contributed by atoms with Gasteiger partial charge < -0.3 is 10.1 Å². The standard InChI is InChI=1S/C15H27NO2S/c1-4-16-14(2,3)13(17)12-5-8-18-15(11-12)6-9-19-10-7-15/h12,16H,4-11H2,1-3H3. The zero-order valence-corrected chi connectivity index (χ0v) is 13.3. The highest BCUT2D eigenvalue weighted by atomic mass is 32.2. The zero-order chi connectivity index (χ0) is 13.9. The van der Waals surface area contributed by atoms with Crippen molar-refractivity contribution in [3.63, 3.8) is 0 Å². The van der Waals surface area contributed by atoms with Crippen molar-refractivity contribution >= 4 is 17.5 Å². The highest BCUT2D eigenvalue weighted by Gasteiger charge is 2.43. The normalized spacial score (nSPS) is 27.4. The Morgan fingerprint density at radius 3 is 2.74 bits per heavy atom. The molecule has 0 aromatic carbocycles. The third-order valence-corrected chi connectivity index (χ3v) is 5.49. The van der Waals surface area contributed by atoms with Gasteiger partial charge in [0, 0.05) is 12.5 Å². The molecule has 0 radical (unpaired) electrons. The fourth-order valence-corrected chi connectivity index (χ4v) is 4.62. The van der Waals surface area contributed by atoms with Gasteiger partial charge in [0.15, 0.2) is 5.78 Å². The number of carbonyl (C=O) groups excluding carboxylic acids is 1. The number of thioether (sulfide) groups is 1. The average Bonchev–Trinajstić information content (AvgIpc) is 2.39. The maximum atomic E-state index is 12.7. The van der Waals surface area contributed by atoms with E-state index < -0.39 is 5.54 Å². The Hall–Kier alpha value is -0.0600. The second-order valence-electron chi connectivity index (χ2n) is 6.35. The maximum absolute atomic E-state index is 12.7. The van der Waals surface area contributed by atoms with E-state index in [1.54, 1.807) is 0 Å². The second kappa shape index (κ2) is 6.15. The highest BCUT2D eigenvalue weighted by molar-refractivity contribution is 7.99. The van der Waals surface area contributed by atoms with Gasteiger partial charge in [-0.3, -0.25) is 4.79 Å². The van der Waals surface area contributed by atoms with Crippen LogP contribution >= 0.6 is 11.8 Å². The Labute approximate surface area is 121 Å². The molecule has 2 aliphatic heterocycles. The largest absolute Gasteiger partial charge is 0.375 e. The predicted octanol–water partition coefficient (Wildman–Crippen LogP) is 2.64. The monoisotopic (exact) mass is 285 g/mol. The van der Waals surface area contributed by atoms with Gasteiger partial charge in [-0.2, -0.15) is 11.8 Å². The van der Waals surface area contributed by atoms with Gasteiger partial charge in [0.25, 0.3) is 0 Å². The fourth-order valence-electron chi connectivity index (χ4n) is 3.38. The number of hydrogen-bond acceptors (Lipinski definition) is 4. The van der Waals surface area contributed by atoms with E-state index in [4.69, 9.17) is 4.74 Å². The number of Topliss-reactive ketones (excluding diaryl/α,β-unsaturated/α-hetero) is 1. The van der Waals surface area contributed by atoms with Crippen molar-refractivity contribution in [1.29, 1.82) is 0 Å². The van der Waals surface area contributed by atoms with Crippen molar-refractivity contribution in [2.45, 2.75) is 57.6 Å². The molecule has 1 N–H and O–H groups in total. The number of hydrogen-bond donors (Lipinski definition) is 1. The summed E-state index contributed by atoms with van der Waals surface area (Å²) < 4.78 is 6.07. The van der Waals surface area contributed by atoms with Gasteiger partial charge in [-0.1, -0.05) is 6.92 Å². The minimum Gasteiger partial charge on any atom is -0.375 e. The first-order valence-electron chi connectivity index (χ1n) is 7.50. The van der Waals surface area contributed by atoms with Crippen molar-refractivity contribution in [2.75, 3.05) is 24.7 Å². The van der Waals surface area contributed by atoms with Crippen molar-refractivity contribution in [1.82, 2.24) is 5.32 Å². The van der Waals surface area contributed by atoms with Crippen LogP contribution in [0, 0.1) is 5.92 Å². The molecule has 3 nitrogen and oxygen atoms in total. The minimum absolute atomic E-state index is 0.00607. The van der Waals surface area contributed by atoms with Crippen LogP contribution in [0.25, 0.3) is 0 Å². The molecule has 110 valence electrons. The lowest BCUT2D eigenvalue weighted by atomic mass is 9.76. The average molecular weight is 285 g/mol. The Kier molecular flexibility index (Phi) is 4.96. The number of likely N-dealkylation sites (N-methyl/N-ethyl adjacent to an activating group) is 1. The van der Waals surface area contributed by atoms with E-state index in [0.717, 1.165) is 38.8 Å². The quantitative estimate of drug-likeness (QED) is 0.862. The number of nitrogens with one attached hydrogen (secondary N) is 1. The van der Waals surface area contributed by atoms with Gasteiger partial charge in [0.05, 0.1) is 11.1 Å². The summed E-state index contributed by atoms with van der Waals surface area (Å²) in [5.41, 5.74) is -0.395. The molecule has 2 aliphatic rings. The van der Waals surface area contributed by atoms with Crippen LogP contribution in [0.5, 0.6) is 0 Å². The smallest absolute Gasteiger partial charge is 0.155 e. The molecular formula is C15H27NO2S.